The number of aromatic nitrogens is 1. The zero-order valence-corrected chi connectivity index (χ0v) is 16.1. The first-order chi connectivity index (χ1) is 13.5. The normalized spacial score (nSPS) is 17.1. The summed E-state index contributed by atoms with van der Waals surface area (Å²) in [5.41, 5.74) is 1.63. The summed E-state index contributed by atoms with van der Waals surface area (Å²) in [6, 6.07) is 10.5. The van der Waals surface area contributed by atoms with Crippen LogP contribution in [-0.4, -0.2) is 40.9 Å². The number of rotatable bonds is 6. The molecular weight excluding hydrogens is 360 g/mol. The third kappa shape index (κ3) is 4.83. The number of hydrogen-bond acceptors (Lipinski definition) is 6. The van der Waals surface area contributed by atoms with Gasteiger partial charge in [0.05, 0.1) is 18.0 Å². The summed E-state index contributed by atoms with van der Waals surface area (Å²) in [6.45, 7) is 3.90. The summed E-state index contributed by atoms with van der Waals surface area (Å²) in [6.07, 6.45) is 1.72. The van der Waals surface area contributed by atoms with E-state index in [-0.39, 0.29) is 23.3 Å². The Kier molecular flexibility index (Phi) is 6.20. The maximum Gasteiger partial charge on any atom is 0.311 e. The summed E-state index contributed by atoms with van der Waals surface area (Å²) in [4.78, 5) is 29.9. The van der Waals surface area contributed by atoms with E-state index in [0.29, 0.717) is 18.9 Å². The van der Waals surface area contributed by atoms with Gasteiger partial charge in [0.2, 0.25) is 5.91 Å². The maximum absolute atomic E-state index is 12.6. The number of anilines is 1. The Morgan fingerprint density at radius 2 is 2.21 bits per heavy atom. The molecule has 8 heteroatoms. The highest BCUT2D eigenvalue weighted by molar-refractivity contribution is 5.91. The standard InChI is InChI=1S/C20H24N4O4/c1-14-5-3-7-19(21-14)22-20(25)16-6-4-10-23(13-16)12-15-8-9-18(28-2)17(11-15)24(26)27/h3,5,7-9,11,16H,4,6,10,12-13H2,1-2H3,(H,21,22,25). The molecule has 8 nitrogen and oxygen atoms in total. The molecule has 1 aromatic carbocycles. The predicted molar refractivity (Wildman–Crippen MR) is 105 cm³/mol. The molecule has 2 heterocycles. The van der Waals surface area contributed by atoms with Crippen molar-refractivity contribution in [3.63, 3.8) is 0 Å². The van der Waals surface area contributed by atoms with Gasteiger partial charge in [-0.05, 0) is 50.1 Å². The maximum atomic E-state index is 12.6. The number of carbonyl (C=O) groups is 1. The largest absolute Gasteiger partial charge is 0.490 e. The van der Waals surface area contributed by atoms with Crippen LogP contribution in [0.15, 0.2) is 36.4 Å². The van der Waals surface area contributed by atoms with Gasteiger partial charge in [0.25, 0.3) is 0 Å². The number of nitrogens with zero attached hydrogens (tertiary/aromatic N) is 3. The van der Waals surface area contributed by atoms with Gasteiger partial charge in [-0.15, -0.1) is 0 Å². The van der Waals surface area contributed by atoms with Crippen LogP contribution in [0.1, 0.15) is 24.1 Å². The van der Waals surface area contributed by atoms with Gasteiger partial charge in [-0.25, -0.2) is 4.98 Å². The van der Waals surface area contributed by atoms with Gasteiger partial charge in [-0.3, -0.25) is 19.8 Å². The molecule has 0 bridgehead atoms. The van der Waals surface area contributed by atoms with E-state index in [1.807, 2.05) is 25.1 Å². The molecule has 0 spiro atoms. The number of piperidine rings is 1. The van der Waals surface area contributed by atoms with Crippen LogP contribution in [0.2, 0.25) is 0 Å². The number of likely N-dealkylation sites (tertiary alicyclic amines) is 1. The summed E-state index contributed by atoms with van der Waals surface area (Å²) in [7, 11) is 1.42. The van der Waals surface area contributed by atoms with E-state index in [1.165, 1.54) is 7.11 Å². The minimum atomic E-state index is -0.441. The van der Waals surface area contributed by atoms with Crippen LogP contribution in [0.4, 0.5) is 11.5 Å². The number of carbonyl (C=O) groups excluding carboxylic acids is 1. The third-order valence-corrected chi connectivity index (χ3v) is 4.86. The van der Waals surface area contributed by atoms with E-state index >= 15 is 0 Å². The number of benzene rings is 1. The average Bonchev–Trinajstić information content (AvgIpc) is 2.68. The molecule has 1 amide bonds. The van der Waals surface area contributed by atoms with Gasteiger partial charge in [-0.2, -0.15) is 0 Å². The first-order valence-electron chi connectivity index (χ1n) is 9.24. The van der Waals surface area contributed by atoms with Crippen LogP contribution in [0.25, 0.3) is 0 Å². The van der Waals surface area contributed by atoms with Crippen molar-refractivity contribution in [1.82, 2.24) is 9.88 Å². The van der Waals surface area contributed by atoms with Crippen molar-refractivity contribution < 1.29 is 14.5 Å². The Labute approximate surface area is 163 Å². The fraction of sp³-hybridized carbons (Fsp3) is 0.400. The monoisotopic (exact) mass is 384 g/mol. The molecule has 1 unspecified atom stereocenters. The average molecular weight is 384 g/mol. The lowest BCUT2D eigenvalue weighted by Crippen LogP contribution is -2.40. The second-order valence-electron chi connectivity index (χ2n) is 6.99. The Balaban J connectivity index is 1.64. The summed E-state index contributed by atoms with van der Waals surface area (Å²) in [5, 5.41) is 14.1. The first-order valence-corrected chi connectivity index (χ1v) is 9.24. The molecule has 1 atom stereocenters. The Morgan fingerprint density at radius 1 is 1.39 bits per heavy atom. The number of nitro benzene ring substituents is 1. The van der Waals surface area contributed by atoms with Crippen molar-refractivity contribution in [2.75, 3.05) is 25.5 Å². The molecule has 2 aromatic rings. The van der Waals surface area contributed by atoms with Gasteiger partial charge in [0.1, 0.15) is 5.82 Å². The minimum Gasteiger partial charge on any atom is -0.490 e. The lowest BCUT2D eigenvalue weighted by molar-refractivity contribution is -0.385. The van der Waals surface area contributed by atoms with Crippen LogP contribution in [0.5, 0.6) is 5.75 Å². The molecule has 148 valence electrons. The molecule has 0 radical (unpaired) electrons. The van der Waals surface area contributed by atoms with Crippen LogP contribution in [0.3, 0.4) is 0 Å². The van der Waals surface area contributed by atoms with E-state index in [0.717, 1.165) is 30.6 Å². The highest BCUT2D eigenvalue weighted by atomic mass is 16.6. The lowest BCUT2D eigenvalue weighted by Gasteiger charge is -2.32. The highest BCUT2D eigenvalue weighted by Crippen LogP contribution is 2.29. The molecule has 28 heavy (non-hydrogen) atoms. The summed E-state index contributed by atoms with van der Waals surface area (Å²) < 4.78 is 5.05. The number of hydrogen-bond donors (Lipinski definition) is 1. The molecule has 3 rings (SSSR count). The molecule has 1 N–H and O–H groups in total. The second-order valence-corrected chi connectivity index (χ2v) is 6.99. The third-order valence-electron chi connectivity index (χ3n) is 4.86. The summed E-state index contributed by atoms with van der Waals surface area (Å²) >= 11 is 0. The van der Waals surface area contributed by atoms with Crippen molar-refractivity contribution >= 4 is 17.4 Å². The van der Waals surface area contributed by atoms with E-state index < -0.39 is 4.92 Å². The second kappa shape index (κ2) is 8.79. The van der Waals surface area contributed by atoms with Crippen LogP contribution >= 0.6 is 0 Å². The molecule has 1 fully saturated rings. The van der Waals surface area contributed by atoms with E-state index in [4.69, 9.17) is 4.74 Å². The van der Waals surface area contributed by atoms with Crippen molar-refractivity contribution in [3.05, 3.63) is 57.8 Å². The number of nitrogens with one attached hydrogen (secondary N) is 1. The minimum absolute atomic E-state index is 0.0384. The quantitative estimate of drug-likeness (QED) is 0.607. The summed E-state index contributed by atoms with van der Waals surface area (Å²) in [5.74, 6) is 0.635. The Morgan fingerprint density at radius 3 is 2.93 bits per heavy atom. The van der Waals surface area contributed by atoms with Crippen molar-refractivity contribution in [2.24, 2.45) is 5.92 Å². The van der Waals surface area contributed by atoms with Gasteiger partial charge < -0.3 is 10.1 Å². The molecule has 0 saturated carbocycles. The number of aryl methyl sites for hydroxylation is 1. The van der Waals surface area contributed by atoms with E-state index in [2.05, 4.69) is 15.2 Å². The van der Waals surface area contributed by atoms with E-state index in [9.17, 15) is 14.9 Å². The lowest BCUT2D eigenvalue weighted by atomic mass is 9.96. The number of amides is 1. The zero-order valence-electron chi connectivity index (χ0n) is 16.1. The number of ether oxygens (including phenoxy) is 1. The Hall–Kier alpha value is -3.00. The smallest absolute Gasteiger partial charge is 0.311 e. The molecular formula is C20H24N4O4. The van der Waals surface area contributed by atoms with Crippen molar-refractivity contribution in [1.29, 1.82) is 0 Å². The van der Waals surface area contributed by atoms with E-state index in [1.54, 1.807) is 18.2 Å². The SMILES string of the molecule is COc1ccc(CN2CCCC(C(=O)Nc3cccc(C)n3)C2)cc1[N+](=O)[O-]. The number of nitro groups is 1. The molecule has 1 aromatic heterocycles. The van der Waals surface area contributed by atoms with Gasteiger partial charge in [-0.1, -0.05) is 12.1 Å². The zero-order chi connectivity index (χ0) is 20.1. The van der Waals surface area contributed by atoms with Crippen LogP contribution in [-0.2, 0) is 11.3 Å². The molecule has 1 saturated heterocycles. The van der Waals surface area contributed by atoms with Crippen LogP contribution < -0.4 is 10.1 Å². The molecule has 1 aliphatic rings. The first kappa shape index (κ1) is 19.8. The predicted octanol–water partition coefficient (Wildman–Crippen LogP) is 3.16. The fourth-order valence-corrected chi connectivity index (χ4v) is 3.49. The highest BCUT2D eigenvalue weighted by Gasteiger charge is 2.26. The molecule has 0 aliphatic carbocycles. The topological polar surface area (TPSA) is 97.6 Å². The fourth-order valence-electron chi connectivity index (χ4n) is 3.49. The number of methoxy groups -OCH3 is 1. The van der Waals surface area contributed by atoms with Crippen LogP contribution in [0, 0.1) is 23.0 Å². The van der Waals surface area contributed by atoms with Gasteiger partial charge >= 0.3 is 5.69 Å². The van der Waals surface area contributed by atoms with Crippen molar-refractivity contribution in [2.45, 2.75) is 26.3 Å². The van der Waals surface area contributed by atoms with Gasteiger partial charge in [0.15, 0.2) is 5.75 Å². The number of pyridine rings is 1. The Bertz CT molecular complexity index is 871. The van der Waals surface area contributed by atoms with Gasteiger partial charge in [0, 0.05) is 24.8 Å². The van der Waals surface area contributed by atoms with Crippen molar-refractivity contribution in [3.8, 4) is 5.75 Å². The molecule has 1 aliphatic heterocycles.